The van der Waals surface area contributed by atoms with E-state index in [-0.39, 0.29) is 5.97 Å². The van der Waals surface area contributed by atoms with Gasteiger partial charge in [0.1, 0.15) is 17.1 Å². The number of fused-ring (bicyclic) bond motifs is 3. The van der Waals surface area contributed by atoms with Crippen molar-refractivity contribution >= 4 is 11.7 Å². The molecule has 0 aromatic heterocycles. The number of unbranched alkanes of at least 4 members (excludes halogenated alkanes) is 2. The zero-order valence-electron chi connectivity index (χ0n) is 21.4. The third-order valence-corrected chi connectivity index (χ3v) is 6.70. The molecule has 35 heavy (non-hydrogen) atoms. The lowest BCUT2D eigenvalue weighted by atomic mass is 9.84. The summed E-state index contributed by atoms with van der Waals surface area (Å²) in [6, 6.07) is 18.4. The highest BCUT2D eigenvalue weighted by atomic mass is 16.5. The first-order valence-corrected chi connectivity index (χ1v) is 12.8. The second-order valence-corrected chi connectivity index (χ2v) is 10.2. The molecule has 0 amide bonds. The van der Waals surface area contributed by atoms with Crippen LogP contribution in [-0.2, 0) is 23.2 Å². The van der Waals surface area contributed by atoms with Crippen molar-refractivity contribution in [2.45, 2.75) is 78.2 Å². The number of hydrogen-bond donors (Lipinski definition) is 1. The molecular formula is C31H37NO3. The van der Waals surface area contributed by atoms with Crippen LogP contribution in [0.2, 0.25) is 0 Å². The Labute approximate surface area is 209 Å². The first kappa shape index (κ1) is 24.8. The molecule has 3 aromatic carbocycles. The number of carbonyl (C=O) groups excluding carboxylic acids is 1. The van der Waals surface area contributed by atoms with E-state index in [9.17, 15) is 4.79 Å². The Hall–Kier alpha value is -3.27. The molecule has 0 fully saturated rings. The van der Waals surface area contributed by atoms with Crippen LogP contribution in [0.25, 0.3) is 11.1 Å². The minimum Gasteiger partial charge on any atom is -0.482 e. The summed E-state index contributed by atoms with van der Waals surface area (Å²) in [5.74, 6) is 1.19. The summed E-state index contributed by atoms with van der Waals surface area (Å²) in [5, 5.41) is 0. The fourth-order valence-corrected chi connectivity index (χ4v) is 4.81. The lowest BCUT2D eigenvalue weighted by Crippen LogP contribution is -2.29. The molecule has 0 aliphatic carbocycles. The Morgan fingerprint density at radius 3 is 2.43 bits per heavy atom. The summed E-state index contributed by atoms with van der Waals surface area (Å²) in [6.07, 6.45) is 6.26. The van der Waals surface area contributed by atoms with Crippen LogP contribution >= 0.6 is 0 Å². The van der Waals surface area contributed by atoms with Gasteiger partial charge >= 0.3 is 5.97 Å². The number of nitrogen functional groups attached to an aromatic ring is 1. The highest BCUT2D eigenvalue weighted by Crippen LogP contribution is 2.50. The Morgan fingerprint density at radius 1 is 0.943 bits per heavy atom. The second kappa shape index (κ2) is 10.6. The average Bonchev–Trinajstić information content (AvgIpc) is 2.79. The van der Waals surface area contributed by atoms with Gasteiger partial charge in [0.15, 0.2) is 0 Å². The Bertz CT molecular complexity index is 1190. The van der Waals surface area contributed by atoms with E-state index in [1.165, 1.54) is 17.5 Å². The standard InChI is InChI=1S/C31H37NO3/c1-5-6-7-9-23-19-27(34-29(33)11-8-10-22-13-15-24(32)16-14-22)30-25-18-21(2)12-17-26(25)31(3,4)35-28(30)20-23/h12-20H,5-11,32H2,1-4H3. The maximum absolute atomic E-state index is 12.9. The van der Waals surface area contributed by atoms with E-state index in [1.807, 2.05) is 30.3 Å². The van der Waals surface area contributed by atoms with E-state index in [1.54, 1.807) is 0 Å². The Morgan fingerprint density at radius 2 is 1.69 bits per heavy atom. The minimum atomic E-state index is -0.460. The van der Waals surface area contributed by atoms with E-state index < -0.39 is 5.60 Å². The number of carbonyl (C=O) groups is 1. The van der Waals surface area contributed by atoms with E-state index in [0.717, 1.165) is 65.8 Å². The largest absolute Gasteiger partial charge is 0.482 e. The summed E-state index contributed by atoms with van der Waals surface area (Å²) in [4.78, 5) is 12.9. The van der Waals surface area contributed by atoms with Gasteiger partial charge in [0.25, 0.3) is 0 Å². The smallest absolute Gasteiger partial charge is 0.311 e. The van der Waals surface area contributed by atoms with Gasteiger partial charge < -0.3 is 15.2 Å². The van der Waals surface area contributed by atoms with Gasteiger partial charge in [-0.25, -0.2) is 0 Å². The first-order chi connectivity index (χ1) is 16.8. The van der Waals surface area contributed by atoms with Crippen LogP contribution in [0.3, 0.4) is 0 Å². The normalized spacial score (nSPS) is 13.5. The summed E-state index contributed by atoms with van der Waals surface area (Å²) >= 11 is 0. The predicted molar refractivity (Wildman–Crippen MR) is 143 cm³/mol. The second-order valence-electron chi connectivity index (χ2n) is 10.2. The van der Waals surface area contributed by atoms with Crippen molar-refractivity contribution in [1.82, 2.24) is 0 Å². The third-order valence-electron chi connectivity index (χ3n) is 6.70. The SMILES string of the molecule is CCCCCc1cc(OC(=O)CCCc2ccc(N)cc2)c2c(c1)OC(C)(C)c1ccc(C)cc1-2. The number of aryl methyl sites for hydroxylation is 3. The van der Waals surface area contributed by atoms with Crippen LogP contribution in [0.4, 0.5) is 5.69 Å². The molecule has 3 aromatic rings. The molecule has 0 spiro atoms. The number of benzene rings is 3. The maximum Gasteiger partial charge on any atom is 0.311 e. The summed E-state index contributed by atoms with van der Waals surface area (Å²) in [5.41, 5.74) is 12.6. The molecule has 2 N–H and O–H groups in total. The van der Waals surface area contributed by atoms with E-state index in [0.29, 0.717) is 12.2 Å². The third kappa shape index (κ3) is 5.87. The van der Waals surface area contributed by atoms with Crippen molar-refractivity contribution in [3.63, 3.8) is 0 Å². The quantitative estimate of drug-likeness (QED) is 0.152. The average molecular weight is 472 g/mol. The Kier molecular flexibility index (Phi) is 7.49. The number of ether oxygens (including phenoxy) is 2. The molecule has 4 nitrogen and oxygen atoms in total. The van der Waals surface area contributed by atoms with Gasteiger partial charge in [-0.2, -0.15) is 0 Å². The monoisotopic (exact) mass is 471 g/mol. The maximum atomic E-state index is 12.9. The van der Waals surface area contributed by atoms with Crippen molar-refractivity contribution in [2.75, 3.05) is 5.73 Å². The van der Waals surface area contributed by atoms with Crippen LogP contribution in [0.5, 0.6) is 11.5 Å². The molecule has 0 atom stereocenters. The molecule has 0 radical (unpaired) electrons. The number of nitrogens with two attached hydrogens (primary N) is 1. The highest BCUT2D eigenvalue weighted by molar-refractivity contribution is 5.85. The molecule has 0 saturated carbocycles. The van der Waals surface area contributed by atoms with Crippen LogP contribution in [0, 0.1) is 6.92 Å². The zero-order chi connectivity index (χ0) is 25.0. The lowest BCUT2D eigenvalue weighted by Gasteiger charge is -2.36. The molecule has 1 aliphatic heterocycles. The topological polar surface area (TPSA) is 61.5 Å². The molecule has 4 heteroatoms. The van der Waals surface area contributed by atoms with Gasteiger partial charge in [0.05, 0.1) is 5.56 Å². The van der Waals surface area contributed by atoms with Gasteiger partial charge in [-0.3, -0.25) is 4.79 Å². The van der Waals surface area contributed by atoms with E-state index >= 15 is 0 Å². The Balaban J connectivity index is 1.60. The van der Waals surface area contributed by atoms with Gasteiger partial charge in [-0.1, -0.05) is 55.7 Å². The molecule has 1 heterocycles. The van der Waals surface area contributed by atoms with Crippen LogP contribution in [0.15, 0.2) is 54.6 Å². The molecule has 0 bridgehead atoms. The summed E-state index contributed by atoms with van der Waals surface area (Å²) in [6.45, 7) is 8.48. The highest BCUT2D eigenvalue weighted by Gasteiger charge is 2.35. The molecular weight excluding hydrogens is 434 g/mol. The van der Waals surface area contributed by atoms with Crippen molar-refractivity contribution in [2.24, 2.45) is 0 Å². The number of hydrogen-bond acceptors (Lipinski definition) is 4. The number of rotatable bonds is 9. The van der Waals surface area contributed by atoms with E-state index in [4.69, 9.17) is 15.2 Å². The van der Waals surface area contributed by atoms with Gasteiger partial charge in [0, 0.05) is 17.7 Å². The fourth-order valence-electron chi connectivity index (χ4n) is 4.81. The number of anilines is 1. The summed E-state index contributed by atoms with van der Waals surface area (Å²) in [7, 11) is 0. The predicted octanol–water partition coefficient (Wildman–Crippen LogP) is 7.53. The molecule has 0 saturated heterocycles. The van der Waals surface area contributed by atoms with Gasteiger partial charge in [0.2, 0.25) is 0 Å². The fraction of sp³-hybridized carbons (Fsp3) is 0.387. The zero-order valence-corrected chi connectivity index (χ0v) is 21.4. The van der Waals surface area contributed by atoms with Gasteiger partial charge in [-0.15, -0.1) is 0 Å². The molecule has 4 rings (SSSR count). The van der Waals surface area contributed by atoms with Crippen LogP contribution in [0.1, 0.15) is 75.1 Å². The first-order valence-electron chi connectivity index (χ1n) is 12.8. The van der Waals surface area contributed by atoms with Crippen molar-refractivity contribution in [3.05, 3.63) is 76.9 Å². The van der Waals surface area contributed by atoms with E-state index in [2.05, 4.69) is 52.0 Å². The van der Waals surface area contributed by atoms with Crippen LogP contribution in [-0.4, -0.2) is 5.97 Å². The number of esters is 1. The molecule has 1 aliphatic rings. The van der Waals surface area contributed by atoms with Crippen molar-refractivity contribution < 1.29 is 14.3 Å². The van der Waals surface area contributed by atoms with Gasteiger partial charge in [-0.05, 0) is 87.4 Å². The molecule has 184 valence electrons. The molecule has 0 unspecified atom stereocenters. The lowest BCUT2D eigenvalue weighted by molar-refractivity contribution is -0.134. The van der Waals surface area contributed by atoms with Crippen molar-refractivity contribution in [1.29, 1.82) is 0 Å². The minimum absolute atomic E-state index is 0.215. The van der Waals surface area contributed by atoms with Crippen LogP contribution < -0.4 is 15.2 Å². The van der Waals surface area contributed by atoms with Crippen molar-refractivity contribution in [3.8, 4) is 22.6 Å². The summed E-state index contributed by atoms with van der Waals surface area (Å²) < 4.78 is 12.5.